The predicted octanol–water partition coefficient (Wildman–Crippen LogP) is 2.62. The van der Waals surface area contributed by atoms with Gasteiger partial charge in [0.15, 0.2) is 0 Å². The van der Waals surface area contributed by atoms with Gasteiger partial charge in [0.2, 0.25) is 0 Å². The van der Waals surface area contributed by atoms with E-state index in [0.717, 1.165) is 11.1 Å². The highest BCUT2D eigenvalue weighted by Crippen LogP contribution is 2.30. The fraction of sp³-hybridized carbons (Fsp3) is 0.400. The highest BCUT2D eigenvalue weighted by atomic mass is 35.5. The fourth-order valence-electron chi connectivity index (χ4n) is 1.28. The standard InChI is InChI=1S/C10H13ClO2S/c1-6-3-10(13-2)8(11)4-7(6)9(12)5-14/h3-4,9,12,14H,5H2,1-2H3. The molecule has 0 aromatic heterocycles. The van der Waals surface area contributed by atoms with E-state index in [1.807, 2.05) is 13.0 Å². The molecule has 14 heavy (non-hydrogen) atoms. The smallest absolute Gasteiger partial charge is 0.137 e. The Morgan fingerprint density at radius 2 is 2.21 bits per heavy atom. The first-order valence-electron chi connectivity index (χ1n) is 4.23. The van der Waals surface area contributed by atoms with E-state index in [0.29, 0.717) is 16.5 Å². The van der Waals surface area contributed by atoms with Crippen molar-refractivity contribution in [3.63, 3.8) is 0 Å². The molecule has 0 spiro atoms. The van der Waals surface area contributed by atoms with Gasteiger partial charge in [0.1, 0.15) is 5.75 Å². The first kappa shape index (κ1) is 11.7. The summed E-state index contributed by atoms with van der Waals surface area (Å²) in [5.41, 5.74) is 1.75. The highest BCUT2D eigenvalue weighted by Gasteiger charge is 2.12. The molecule has 1 aromatic rings. The summed E-state index contributed by atoms with van der Waals surface area (Å²) in [6.07, 6.45) is -0.582. The van der Waals surface area contributed by atoms with Crippen molar-refractivity contribution in [2.24, 2.45) is 0 Å². The normalized spacial score (nSPS) is 12.6. The SMILES string of the molecule is COc1cc(C)c(C(O)CS)cc1Cl. The van der Waals surface area contributed by atoms with Gasteiger partial charge in [-0.25, -0.2) is 0 Å². The van der Waals surface area contributed by atoms with Crippen molar-refractivity contribution in [1.29, 1.82) is 0 Å². The Morgan fingerprint density at radius 3 is 2.71 bits per heavy atom. The van der Waals surface area contributed by atoms with Gasteiger partial charge >= 0.3 is 0 Å². The van der Waals surface area contributed by atoms with Gasteiger partial charge in [-0.1, -0.05) is 11.6 Å². The topological polar surface area (TPSA) is 29.5 Å². The number of thiol groups is 1. The molecule has 0 aliphatic heterocycles. The van der Waals surface area contributed by atoms with Gasteiger partial charge in [0, 0.05) is 5.75 Å². The zero-order chi connectivity index (χ0) is 10.7. The molecule has 0 saturated heterocycles. The molecule has 0 aliphatic carbocycles. The molecule has 78 valence electrons. The summed E-state index contributed by atoms with van der Waals surface area (Å²) in [6.45, 7) is 1.90. The molecule has 0 saturated carbocycles. The van der Waals surface area contributed by atoms with Gasteiger partial charge in [0.05, 0.1) is 18.2 Å². The molecule has 0 amide bonds. The second-order valence-electron chi connectivity index (χ2n) is 3.04. The molecule has 1 unspecified atom stereocenters. The van der Waals surface area contributed by atoms with Crippen LogP contribution in [0.4, 0.5) is 0 Å². The number of hydrogen-bond acceptors (Lipinski definition) is 3. The average Bonchev–Trinajstić information content (AvgIpc) is 2.19. The third kappa shape index (κ3) is 2.35. The molecule has 0 aliphatic rings. The maximum atomic E-state index is 9.62. The molecular formula is C10H13ClO2S. The largest absolute Gasteiger partial charge is 0.495 e. The number of halogens is 1. The minimum Gasteiger partial charge on any atom is -0.495 e. The lowest BCUT2D eigenvalue weighted by atomic mass is 10.0. The summed E-state index contributed by atoms with van der Waals surface area (Å²) >= 11 is 9.97. The van der Waals surface area contributed by atoms with Gasteiger partial charge in [-0.15, -0.1) is 0 Å². The predicted molar refractivity (Wildman–Crippen MR) is 61.6 cm³/mol. The first-order valence-corrected chi connectivity index (χ1v) is 5.24. The van der Waals surface area contributed by atoms with Crippen LogP contribution in [0.5, 0.6) is 5.75 Å². The first-order chi connectivity index (χ1) is 6.60. The van der Waals surface area contributed by atoms with Gasteiger partial charge in [0.25, 0.3) is 0 Å². The van der Waals surface area contributed by atoms with Crippen molar-refractivity contribution in [2.45, 2.75) is 13.0 Å². The maximum Gasteiger partial charge on any atom is 0.137 e. The Morgan fingerprint density at radius 1 is 1.57 bits per heavy atom. The number of benzene rings is 1. The van der Waals surface area contributed by atoms with Crippen molar-refractivity contribution >= 4 is 24.2 Å². The Labute approximate surface area is 94.3 Å². The van der Waals surface area contributed by atoms with Crippen LogP contribution in [0.3, 0.4) is 0 Å². The Kier molecular flexibility index (Phi) is 4.11. The minimum absolute atomic E-state index is 0.378. The number of aliphatic hydroxyl groups excluding tert-OH is 1. The van der Waals surface area contributed by atoms with E-state index in [-0.39, 0.29) is 0 Å². The highest BCUT2D eigenvalue weighted by molar-refractivity contribution is 7.80. The van der Waals surface area contributed by atoms with Crippen molar-refractivity contribution in [3.05, 3.63) is 28.3 Å². The molecule has 0 radical (unpaired) electrons. The number of hydrogen-bond donors (Lipinski definition) is 2. The van der Waals surface area contributed by atoms with Crippen LogP contribution in [-0.4, -0.2) is 18.0 Å². The van der Waals surface area contributed by atoms with Crippen molar-refractivity contribution < 1.29 is 9.84 Å². The third-order valence-electron chi connectivity index (χ3n) is 2.07. The van der Waals surface area contributed by atoms with Crippen LogP contribution >= 0.6 is 24.2 Å². The lowest BCUT2D eigenvalue weighted by Crippen LogP contribution is -2.02. The third-order valence-corrected chi connectivity index (χ3v) is 2.71. The minimum atomic E-state index is -0.582. The second-order valence-corrected chi connectivity index (χ2v) is 3.81. The molecule has 1 N–H and O–H groups in total. The lowest BCUT2D eigenvalue weighted by Gasteiger charge is -2.13. The summed E-state index contributed by atoms with van der Waals surface area (Å²) in [6, 6.07) is 3.53. The molecule has 4 heteroatoms. The van der Waals surface area contributed by atoms with Crippen molar-refractivity contribution in [2.75, 3.05) is 12.9 Å². The number of ether oxygens (including phenoxy) is 1. The van der Waals surface area contributed by atoms with Crippen LogP contribution in [-0.2, 0) is 0 Å². The van der Waals surface area contributed by atoms with E-state index in [1.165, 1.54) is 0 Å². The van der Waals surface area contributed by atoms with E-state index in [1.54, 1.807) is 13.2 Å². The number of aliphatic hydroxyl groups is 1. The second kappa shape index (κ2) is 4.91. The molecular weight excluding hydrogens is 220 g/mol. The molecule has 0 heterocycles. The van der Waals surface area contributed by atoms with Gasteiger partial charge in [-0.3, -0.25) is 0 Å². The van der Waals surface area contributed by atoms with E-state index < -0.39 is 6.10 Å². The molecule has 0 bridgehead atoms. The number of methoxy groups -OCH3 is 1. The van der Waals surface area contributed by atoms with Crippen LogP contribution in [0.2, 0.25) is 5.02 Å². The maximum absolute atomic E-state index is 9.62. The van der Waals surface area contributed by atoms with E-state index >= 15 is 0 Å². The average molecular weight is 233 g/mol. The number of aryl methyl sites for hydroxylation is 1. The monoisotopic (exact) mass is 232 g/mol. The number of rotatable bonds is 3. The Balaban J connectivity index is 3.14. The van der Waals surface area contributed by atoms with Crippen molar-refractivity contribution in [1.82, 2.24) is 0 Å². The molecule has 2 nitrogen and oxygen atoms in total. The molecule has 1 atom stereocenters. The fourth-order valence-corrected chi connectivity index (χ4v) is 1.73. The van der Waals surface area contributed by atoms with E-state index in [9.17, 15) is 5.11 Å². The van der Waals surface area contributed by atoms with Crippen LogP contribution in [0.15, 0.2) is 12.1 Å². The summed E-state index contributed by atoms with van der Waals surface area (Å²) in [5.74, 6) is 1.00. The van der Waals surface area contributed by atoms with E-state index in [4.69, 9.17) is 16.3 Å². The van der Waals surface area contributed by atoms with Crippen molar-refractivity contribution in [3.8, 4) is 5.75 Å². The summed E-state index contributed by atoms with van der Waals surface area (Å²) in [4.78, 5) is 0. The van der Waals surface area contributed by atoms with Crippen LogP contribution in [0, 0.1) is 6.92 Å². The summed E-state index contributed by atoms with van der Waals surface area (Å²) in [5, 5.41) is 10.1. The van der Waals surface area contributed by atoms with Gasteiger partial charge < -0.3 is 9.84 Å². The van der Waals surface area contributed by atoms with E-state index in [2.05, 4.69) is 12.6 Å². The zero-order valence-electron chi connectivity index (χ0n) is 8.12. The Bertz CT molecular complexity index is 328. The van der Waals surface area contributed by atoms with Crippen LogP contribution < -0.4 is 4.74 Å². The lowest BCUT2D eigenvalue weighted by molar-refractivity contribution is 0.203. The van der Waals surface area contributed by atoms with Crippen LogP contribution in [0.1, 0.15) is 17.2 Å². The molecule has 1 rings (SSSR count). The van der Waals surface area contributed by atoms with Crippen LogP contribution in [0.25, 0.3) is 0 Å². The Hall–Kier alpha value is -0.380. The summed E-state index contributed by atoms with van der Waals surface area (Å²) in [7, 11) is 1.56. The van der Waals surface area contributed by atoms with Gasteiger partial charge in [-0.05, 0) is 30.2 Å². The van der Waals surface area contributed by atoms with Gasteiger partial charge in [-0.2, -0.15) is 12.6 Å². The molecule has 0 fully saturated rings. The summed E-state index contributed by atoms with van der Waals surface area (Å²) < 4.78 is 5.06. The zero-order valence-corrected chi connectivity index (χ0v) is 9.77. The quantitative estimate of drug-likeness (QED) is 0.785. The molecule has 1 aromatic carbocycles.